The Morgan fingerprint density at radius 3 is 2.65 bits per heavy atom. The van der Waals surface area contributed by atoms with Gasteiger partial charge in [0, 0.05) is 12.1 Å². The number of hydrogen-bond donors (Lipinski definition) is 0. The lowest BCUT2D eigenvalue weighted by Crippen LogP contribution is -2.48. The molecule has 1 heterocycles. The molecule has 20 heavy (non-hydrogen) atoms. The predicted octanol–water partition coefficient (Wildman–Crippen LogP) is 3.46. The Hall–Kier alpha value is -1.07. The first-order valence-corrected chi connectivity index (χ1v) is 8.03. The zero-order valence-corrected chi connectivity index (χ0v) is 13.7. The molecule has 1 unspecified atom stereocenters. The van der Waals surface area contributed by atoms with Crippen LogP contribution in [0, 0.1) is 5.21 Å². The summed E-state index contributed by atoms with van der Waals surface area (Å²) in [5.74, 6) is 0. The van der Waals surface area contributed by atoms with Gasteiger partial charge in [-0.2, -0.15) is 4.74 Å². The summed E-state index contributed by atoms with van der Waals surface area (Å²) in [6.07, 6.45) is 2.39. The SMILES string of the molecule is CCCN1C(=S)SC(C)(C)C1[N+]([O-])=Cc1ccccc1. The summed E-state index contributed by atoms with van der Waals surface area (Å²) >= 11 is 7.04. The van der Waals surface area contributed by atoms with Crippen molar-refractivity contribution in [3.05, 3.63) is 41.1 Å². The molecule has 1 aromatic carbocycles. The standard InChI is InChI=1S/C15H20N2OS2/c1-4-10-16-13(15(2,3)20-14(16)19)17(18)11-12-8-6-5-7-9-12/h5-9,11,13H,4,10H2,1-3H3. The van der Waals surface area contributed by atoms with E-state index in [9.17, 15) is 5.21 Å². The number of hydroxylamine groups is 1. The molecule has 0 bridgehead atoms. The van der Waals surface area contributed by atoms with Gasteiger partial charge in [0.1, 0.15) is 9.07 Å². The monoisotopic (exact) mass is 308 g/mol. The van der Waals surface area contributed by atoms with Gasteiger partial charge in [0.25, 0.3) is 6.17 Å². The lowest BCUT2D eigenvalue weighted by atomic mass is 10.1. The van der Waals surface area contributed by atoms with Crippen molar-refractivity contribution in [1.82, 2.24) is 4.90 Å². The minimum atomic E-state index is -0.250. The van der Waals surface area contributed by atoms with Crippen molar-refractivity contribution in [2.24, 2.45) is 0 Å². The maximum absolute atomic E-state index is 12.6. The van der Waals surface area contributed by atoms with Crippen LogP contribution in [0.4, 0.5) is 0 Å². The van der Waals surface area contributed by atoms with Gasteiger partial charge in [0.05, 0.1) is 0 Å². The minimum Gasteiger partial charge on any atom is -0.622 e. The zero-order chi connectivity index (χ0) is 14.8. The average molecular weight is 308 g/mol. The highest BCUT2D eigenvalue weighted by Crippen LogP contribution is 2.41. The van der Waals surface area contributed by atoms with Crippen LogP contribution in [0.2, 0.25) is 0 Å². The number of benzene rings is 1. The molecule has 0 amide bonds. The summed E-state index contributed by atoms with van der Waals surface area (Å²) in [4.78, 5) is 2.05. The molecule has 1 saturated heterocycles. The fourth-order valence-corrected chi connectivity index (χ4v) is 4.40. The van der Waals surface area contributed by atoms with Gasteiger partial charge in [-0.3, -0.25) is 4.90 Å². The zero-order valence-electron chi connectivity index (χ0n) is 12.1. The molecule has 0 spiro atoms. The van der Waals surface area contributed by atoms with Crippen LogP contribution in [0.5, 0.6) is 0 Å². The molecule has 0 radical (unpaired) electrons. The quantitative estimate of drug-likeness (QED) is 0.280. The van der Waals surface area contributed by atoms with Crippen molar-refractivity contribution >= 4 is 34.5 Å². The first kappa shape index (κ1) is 15.3. The van der Waals surface area contributed by atoms with Crippen LogP contribution in [0.25, 0.3) is 0 Å². The fourth-order valence-electron chi connectivity index (χ4n) is 2.47. The van der Waals surface area contributed by atoms with Gasteiger partial charge in [-0.25, -0.2) is 0 Å². The highest BCUT2D eigenvalue weighted by atomic mass is 32.2. The van der Waals surface area contributed by atoms with Crippen LogP contribution in [0.1, 0.15) is 32.8 Å². The molecule has 0 aromatic heterocycles. The lowest BCUT2D eigenvalue weighted by Gasteiger charge is -2.29. The van der Waals surface area contributed by atoms with E-state index in [0.29, 0.717) is 0 Å². The molecule has 2 rings (SSSR count). The largest absolute Gasteiger partial charge is 0.622 e. The molecular formula is C15H20N2OS2. The van der Waals surface area contributed by atoms with E-state index in [1.54, 1.807) is 18.0 Å². The third-order valence-electron chi connectivity index (χ3n) is 3.28. The van der Waals surface area contributed by atoms with Crippen LogP contribution in [-0.4, -0.2) is 37.6 Å². The normalized spacial score (nSPS) is 22.4. The Labute approximate surface area is 130 Å². The van der Waals surface area contributed by atoms with Gasteiger partial charge in [-0.1, -0.05) is 49.1 Å². The van der Waals surface area contributed by atoms with E-state index < -0.39 is 0 Å². The molecule has 0 aliphatic carbocycles. The van der Waals surface area contributed by atoms with Crippen molar-refractivity contribution in [1.29, 1.82) is 0 Å². The van der Waals surface area contributed by atoms with Crippen LogP contribution in [-0.2, 0) is 0 Å². The molecule has 0 saturated carbocycles. The number of thioether (sulfide) groups is 1. The van der Waals surface area contributed by atoms with E-state index in [-0.39, 0.29) is 10.9 Å². The van der Waals surface area contributed by atoms with Gasteiger partial charge in [0.15, 0.2) is 6.21 Å². The van der Waals surface area contributed by atoms with Gasteiger partial charge in [0.2, 0.25) is 0 Å². The number of rotatable bonds is 4. The molecule has 1 atom stereocenters. The lowest BCUT2D eigenvalue weighted by molar-refractivity contribution is -0.523. The summed E-state index contributed by atoms with van der Waals surface area (Å²) < 4.78 is 1.67. The van der Waals surface area contributed by atoms with E-state index in [1.165, 1.54) is 0 Å². The fraction of sp³-hybridized carbons (Fsp3) is 0.467. The van der Waals surface area contributed by atoms with E-state index in [0.717, 1.165) is 27.6 Å². The van der Waals surface area contributed by atoms with Crippen molar-refractivity contribution in [2.45, 2.75) is 38.1 Å². The smallest absolute Gasteiger partial charge is 0.254 e. The molecule has 5 heteroatoms. The van der Waals surface area contributed by atoms with Crippen LogP contribution in [0.15, 0.2) is 30.3 Å². The van der Waals surface area contributed by atoms with Gasteiger partial charge < -0.3 is 5.21 Å². The Kier molecular flexibility index (Phi) is 4.70. The maximum atomic E-state index is 12.6. The molecule has 108 valence electrons. The highest BCUT2D eigenvalue weighted by molar-refractivity contribution is 8.24. The summed E-state index contributed by atoms with van der Waals surface area (Å²) in [6, 6.07) is 9.68. The molecule has 1 aromatic rings. The van der Waals surface area contributed by atoms with Crippen LogP contribution < -0.4 is 0 Å². The average Bonchev–Trinajstić information content (AvgIpc) is 2.60. The molecule has 3 nitrogen and oxygen atoms in total. The van der Waals surface area contributed by atoms with Gasteiger partial charge >= 0.3 is 0 Å². The van der Waals surface area contributed by atoms with E-state index in [1.807, 2.05) is 35.2 Å². The number of hydrogen-bond acceptors (Lipinski definition) is 3. The van der Waals surface area contributed by atoms with Crippen LogP contribution in [0.3, 0.4) is 0 Å². The van der Waals surface area contributed by atoms with E-state index in [2.05, 4.69) is 20.8 Å². The maximum Gasteiger partial charge on any atom is 0.254 e. The summed E-state index contributed by atoms with van der Waals surface area (Å²) in [5, 5.41) is 12.6. The Morgan fingerprint density at radius 1 is 1.40 bits per heavy atom. The Bertz CT molecular complexity index is 514. The summed E-state index contributed by atoms with van der Waals surface area (Å²) in [5.41, 5.74) is 0.914. The summed E-state index contributed by atoms with van der Waals surface area (Å²) in [6.45, 7) is 7.08. The third kappa shape index (κ3) is 3.15. The van der Waals surface area contributed by atoms with Gasteiger partial charge in [-0.15, -0.1) is 0 Å². The van der Waals surface area contributed by atoms with Crippen molar-refractivity contribution < 1.29 is 4.74 Å². The second kappa shape index (κ2) is 6.14. The predicted molar refractivity (Wildman–Crippen MR) is 90.3 cm³/mol. The van der Waals surface area contributed by atoms with E-state index in [4.69, 9.17) is 12.2 Å². The third-order valence-corrected chi connectivity index (χ3v) is 4.91. The van der Waals surface area contributed by atoms with Crippen molar-refractivity contribution in [3.8, 4) is 0 Å². The highest BCUT2D eigenvalue weighted by Gasteiger charge is 2.49. The summed E-state index contributed by atoms with van der Waals surface area (Å²) in [7, 11) is 0. The first-order valence-electron chi connectivity index (χ1n) is 6.80. The molecular weight excluding hydrogens is 288 g/mol. The number of thiocarbonyl (C=S) groups is 1. The second-order valence-corrected chi connectivity index (χ2v) is 7.73. The second-order valence-electron chi connectivity index (χ2n) is 5.44. The Balaban J connectivity index is 2.32. The first-order chi connectivity index (χ1) is 9.45. The molecule has 1 aliphatic rings. The van der Waals surface area contributed by atoms with Crippen molar-refractivity contribution in [3.63, 3.8) is 0 Å². The molecule has 0 N–H and O–H groups in total. The van der Waals surface area contributed by atoms with Crippen molar-refractivity contribution in [2.75, 3.05) is 6.54 Å². The van der Waals surface area contributed by atoms with Crippen LogP contribution >= 0.6 is 24.0 Å². The molecule has 1 fully saturated rings. The minimum absolute atomic E-state index is 0.209. The topological polar surface area (TPSA) is 29.3 Å². The molecule has 1 aliphatic heterocycles. The Morgan fingerprint density at radius 2 is 2.05 bits per heavy atom. The number of nitrogens with zero attached hydrogens (tertiary/aromatic N) is 2. The van der Waals surface area contributed by atoms with E-state index >= 15 is 0 Å². The van der Waals surface area contributed by atoms with Gasteiger partial charge in [-0.05, 0) is 32.4 Å².